The largest absolute Gasteiger partial charge is 0.385 e. The molecule has 43 heavy (non-hydrogen) atoms. The number of carbonyl (C=O) groups excluding carboxylic acids is 1. The standard InChI is InChI=1S/C33H37N7O3/c1-19-16-22(8-11-25(19)20(2)36-29(41)30-37-31(40-43-30)32(3,4)5)27-26-17-23(18-35-28(26)39-38-27)21-6-9-24(10-7-21)33(42)12-14-34-15-13-33/h6-11,16-18,20,34,42H,12-15H2,1-5H3,(H,36,41)(H,35,38,39). The number of amides is 1. The Labute approximate surface area is 250 Å². The van der Waals surface area contributed by atoms with E-state index in [1.54, 1.807) is 0 Å². The third-order valence-corrected chi connectivity index (χ3v) is 8.26. The molecule has 0 aliphatic carbocycles. The Kier molecular flexibility index (Phi) is 7.35. The number of hydrogen-bond acceptors (Lipinski definition) is 8. The van der Waals surface area contributed by atoms with Gasteiger partial charge in [-0.3, -0.25) is 9.89 Å². The Bertz CT molecular complexity index is 1780. The quantitative estimate of drug-likeness (QED) is 0.211. The molecule has 10 nitrogen and oxygen atoms in total. The fraction of sp³-hybridized carbons (Fsp3) is 0.364. The minimum Gasteiger partial charge on any atom is -0.385 e. The molecule has 1 aliphatic heterocycles. The Balaban J connectivity index is 1.22. The second kappa shape index (κ2) is 11.0. The van der Waals surface area contributed by atoms with Crippen molar-refractivity contribution in [3.63, 3.8) is 0 Å². The van der Waals surface area contributed by atoms with Gasteiger partial charge in [-0.05, 0) is 74.2 Å². The highest BCUT2D eigenvalue weighted by atomic mass is 16.5. The van der Waals surface area contributed by atoms with Crippen LogP contribution in [0.15, 0.2) is 59.3 Å². The van der Waals surface area contributed by atoms with E-state index in [9.17, 15) is 9.90 Å². The van der Waals surface area contributed by atoms with Crippen LogP contribution in [0.25, 0.3) is 33.4 Å². The molecule has 1 aliphatic rings. The molecule has 222 valence electrons. The zero-order chi connectivity index (χ0) is 30.4. The maximum absolute atomic E-state index is 12.8. The molecule has 3 aromatic heterocycles. The fourth-order valence-corrected chi connectivity index (χ4v) is 5.65. The van der Waals surface area contributed by atoms with Crippen molar-refractivity contribution in [1.29, 1.82) is 0 Å². The van der Waals surface area contributed by atoms with Crippen molar-refractivity contribution in [3.05, 3.63) is 83.1 Å². The number of rotatable bonds is 6. The van der Waals surface area contributed by atoms with Gasteiger partial charge in [0.05, 0.1) is 17.3 Å². The van der Waals surface area contributed by atoms with Gasteiger partial charge in [0, 0.05) is 28.1 Å². The molecule has 1 atom stereocenters. The van der Waals surface area contributed by atoms with Gasteiger partial charge in [-0.2, -0.15) is 10.1 Å². The monoisotopic (exact) mass is 579 g/mol. The summed E-state index contributed by atoms with van der Waals surface area (Å²) in [7, 11) is 0. The second-order valence-electron chi connectivity index (χ2n) is 12.5. The first-order valence-corrected chi connectivity index (χ1v) is 14.7. The number of aryl methyl sites for hydroxylation is 1. The van der Waals surface area contributed by atoms with E-state index >= 15 is 0 Å². The van der Waals surface area contributed by atoms with Gasteiger partial charge in [0.1, 0.15) is 0 Å². The van der Waals surface area contributed by atoms with Gasteiger partial charge in [-0.25, -0.2) is 4.98 Å². The summed E-state index contributed by atoms with van der Waals surface area (Å²) in [5.74, 6) is 0.0354. The van der Waals surface area contributed by atoms with Crippen molar-refractivity contribution in [1.82, 2.24) is 36.0 Å². The van der Waals surface area contributed by atoms with E-state index in [0.29, 0.717) is 24.3 Å². The molecule has 2 aromatic carbocycles. The summed E-state index contributed by atoms with van der Waals surface area (Å²) in [6.45, 7) is 11.5. The van der Waals surface area contributed by atoms with Gasteiger partial charge in [-0.15, -0.1) is 0 Å². The zero-order valence-corrected chi connectivity index (χ0v) is 25.2. The maximum Gasteiger partial charge on any atom is 0.315 e. The Morgan fingerprint density at radius 2 is 1.77 bits per heavy atom. The molecule has 4 N–H and O–H groups in total. The summed E-state index contributed by atoms with van der Waals surface area (Å²) in [6.07, 6.45) is 3.24. The van der Waals surface area contributed by atoms with Crippen LogP contribution >= 0.6 is 0 Å². The molecule has 0 saturated carbocycles. The topological polar surface area (TPSA) is 142 Å². The third-order valence-electron chi connectivity index (χ3n) is 8.26. The smallest absolute Gasteiger partial charge is 0.315 e. The first-order chi connectivity index (χ1) is 20.5. The SMILES string of the molecule is Cc1cc(-c2[nH]nc3ncc(-c4ccc(C5(O)CCNCC5)cc4)cc23)ccc1C(C)NC(=O)c1nc(C(C)(C)C)no1. The molecule has 0 radical (unpaired) electrons. The second-order valence-corrected chi connectivity index (χ2v) is 12.5. The molecular weight excluding hydrogens is 542 g/mol. The Morgan fingerprint density at radius 3 is 2.44 bits per heavy atom. The predicted molar refractivity (Wildman–Crippen MR) is 164 cm³/mol. The molecule has 0 bridgehead atoms. The first kappa shape index (κ1) is 28.7. The minimum absolute atomic E-state index is 0.0462. The van der Waals surface area contributed by atoms with Crippen molar-refractivity contribution in [2.75, 3.05) is 13.1 Å². The van der Waals surface area contributed by atoms with E-state index in [1.807, 2.05) is 77.2 Å². The summed E-state index contributed by atoms with van der Waals surface area (Å²) in [6, 6.07) is 16.1. The molecule has 1 amide bonds. The van der Waals surface area contributed by atoms with Gasteiger partial charge in [0.2, 0.25) is 0 Å². The van der Waals surface area contributed by atoms with Crippen LogP contribution in [0.1, 0.15) is 79.8 Å². The zero-order valence-electron chi connectivity index (χ0n) is 25.2. The highest BCUT2D eigenvalue weighted by Gasteiger charge is 2.31. The van der Waals surface area contributed by atoms with Crippen molar-refractivity contribution in [2.45, 2.75) is 64.5 Å². The van der Waals surface area contributed by atoms with Crippen LogP contribution in [0.2, 0.25) is 0 Å². The number of pyridine rings is 1. The molecule has 5 aromatic rings. The Hall–Kier alpha value is -4.41. The van der Waals surface area contributed by atoms with Gasteiger partial charge in [-0.1, -0.05) is 62.3 Å². The number of benzene rings is 2. The lowest BCUT2D eigenvalue weighted by atomic mass is 9.84. The van der Waals surface area contributed by atoms with Gasteiger partial charge in [0.15, 0.2) is 11.5 Å². The number of carbonyl (C=O) groups is 1. The summed E-state index contributed by atoms with van der Waals surface area (Å²) < 4.78 is 5.20. The fourth-order valence-electron chi connectivity index (χ4n) is 5.65. The molecular formula is C33H37N7O3. The number of H-pyrrole nitrogens is 1. The maximum atomic E-state index is 12.8. The van der Waals surface area contributed by atoms with Crippen LogP contribution in [0.3, 0.4) is 0 Å². The number of aromatic amines is 1. The number of aliphatic hydroxyl groups is 1. The van der Waals surface area contributed by atoms with Gasteiger partial charge >= 0.3 is 11.8 Å². The van der Waals surface area contributed by atoms with E-state index in [4.69, 9.17) is 4.52 Å². The molecule has 4 heterocycles. The van der Waals surface area contributed by atoms with E-state index in [-0.39, 0.29) is 17.3 Å². The number of aromatic nitrogens is 5. The summed E-state index contributed by atoms with van der Waals surface area (Å²) >= 11 is 0. The number of nitrogens with zero attached hydrogens (tertiary/aromatic N) is 4. The normalized spacial score (nSPS) is 15.9. The average molecular weight is 580 g/mol. The average Bonchev–Trinajstić information content (AvgIpc) is 3.66. The molecule has 1 fully saturated rings. The Morgan fingerprint density at radius 1 is 1.05 bits per heavy atom. The lowest BCUT2D eigenvalue weighted by Gasteiger charge is -2.33. The van der Waals surface area contributed by atoms with Crippen LogP contribution < -0.4 is 10.6 Å². The molecule has 1 saturated heterocycles. The number of hydrogen-bond donors (Lipinski definition) is 4. The summed E-state index contributed by atoms with van der Waals surface area (Å²) in [5.41, 5.74) is 6.32. The predicted octanol–water partition coefficient (Wildman–Crippen LogP) is 5.34. The van der Waals surface area contributed by atoms with Crippen LogP contribution in [-0.4, -0.2) is 49.4 Å². The van der Waals surface area contributed by atoms with Crippen LogP contribution in [0, 0.1) is 6.92 Å². The molecule has 1 unspecified atom stereocenters. The van der Waals surface area contributed by atoms with Crippen LogP contribution in [0.4, 0.5) is 0 Å². The first-order valence-electron chi connectivity index (χ1n) is 14.7. The summed E-state index contributed by atoms with van der Waals surface area (Å²) in [5, 5.41) is 29.8. The lowest BCUT2D eigenvalue weighted by molar-refractivity contribution is 0.00595. The van der Waals surface area contributed by atoms with Crippen molar-refractivity contribution < 1.29 is 14.4 Å². The van der Waals surface area contributed by atoms with E-state index in [2.05, 4.69) is 48.1 Å². The van der Waals surface area contributed by atoms with Crippen molar-refractivity contribution in [2.24, 2.45) is 0 Å². The molecule has 0 spiro atoms. The number of piperidine rings is 1. The number of nitrogens with one attached hydrogen (secondary N) is 3. The lowest BCUT2D eigenvalue weighted by Crippen LogP contribution is -2.39. The molecule has 6 rings (SSSR count). The number of fused-ring (bicyclic) bond motifs is 1. The summed E-state index contributed by atoms with van der Waals surface area (Å²) in [4.78, 5) is 21.7. The van der Waals surface area contributed by atoms with E-state index in [1.165, 1.54) is 0 Å². The van der Waals surface area contributed by atoms with Crippen LogP contribution in [-0.2, 0) is 11.0 Å². The minimum atomic E-state index is -0.781. The molecule has 10 heteroatoms. The van der Waals surface area contributed by atoms with Gasteiger partial charge in [0.25, 0.3) is 0 Å². The highest BCUT2D eigenvalue weighted by Crippen LogP contribution is 2.34. The van der Waals surface area contributed by atoms with E-state index < -0.39 is 11.5 Å². The third kappa shape index (κ3) is 5.68. The van der Waals surface area contributed by atoms with Crippen molar-refractivity contribution in [3.8, 4) is 22.4 Å². The van der Waals surface area contributed by atoms with Crippen LogP contribution in [0.5, 0.6) is 0 Å². The highest BCUT2D eigenvalue weighted by molar-refractivity contribution is 5.93. The van der Waals surface area contributed by atoms with E-state index in [0.717, 1.165) is 57.6 Å². The van der Waals surface area contributed by atoms with Crippen molar-refractivity contribution >= 4 is 16.9 Å². The van der Waals surface area contributed by atoms with Gasteiger partial charge < -0.3 is 20.3 Å².